The van der Waals surface area contributed by atoms with E-state index in [0.29, 0.717) is 24.8 Å². The Morgan fingerprint density at radius 2 is 2.00 bits per heavy atom. The number of hydrogen-bond acceptors (Lipinski definition) is 5. The summed E-state index contributed by atoms with van der Waals surface area (Å²) in [5.41, 5.74) is 2.56. The van der Waals surface area contributed by atoms with E-state index >= 15 is 0 Å². The molecule has 1 saturated heterocycles. The van der Waals surface area contributed by atoms with Gasteiger partial charge in [0.25, 0.3) is 0 Å². The van der Waals surface area contributed by atoms with Crippen LogP contribution in [0.3, 0.4) is 0 Å². The molecule has 1 atom stereocenters. The third-order valence-electron chi connectivity index (χ3n) is 5.06. The van der Waals surface area contributed by atoms with Crippen LogP contribution in [0.4, 0.5) is 5.69 Å². The Balaban J connectivity index is 1.47. The molecule has 2 aromatic carbocycles. The average Bonchev–Trinajstić information content (AvgIpc) is 3.34. The van der Waals surface area contributed by atoms with Crippen molar-refractivity contribution in [2.45, 2.75) is 19.9 Å². The molecular formula is C22H22N4O3. The third kappa shape index (κ3) is 4.03. The molecule has 1 unspecified atom stereocenters. The molecule has 0 spiro atoms. The maximum absolute atomic E-state index is 12.9. The van der Waals surface area contributed by atoms with Gasteiger partial charge in [-0.2, -0.15) is 4.98 Å². The first-order chi connectivity index (χ1) is 14.0. The van der Waals surface area contributed by atoms with Crippen LogP contribution in [0.15, 0.2) is 59.1 Å². The number of amides is 2. The lowest BCUT2D eigenvalue weighted by molar-refractivity contribution is -0.135. The van der Waals surface area contributed by atoms with Crippen molar-refractivity contribution < 1.29 is 14.1 Å². The van der Waals surface area contributed by atoms with Crippen LogP contribution in [0.2, 0.25) is 0 Å². The van der Waals surface area contributed by atoms with Gasteiger partial charge in [-0.15, -0.1) is 0 Å². The van der Waals surface area contributed by atoms with Crippen molar-refractivity contribution in [3.05, 3.63) is 66.1 Å². The molecule has 0 radical (unpaired) electrons. The largest absolute Gasteiger partial charge is 0.341 e. The first-order valence-electron chi connectivity index (χ1n) is 9.51. The van der Waals surface area contributed by atoms with Crippen LogP contribution in [-0.4, -0.2) is 40.4 Å². The van der Waals surface area contributed by atoms with Gasteiger partial charge < -0.3 is 14.3 Å². The summed E-state index contributed by atoms with van der Waals surface area (Å²) in [6.45, 7) is 2.62. The van der Waals surface area contributed by atoms with Crippen molar-refractivity contribution in [2.75, 3.05) is 18.5 Å². The van der Waals surface area contributed by atoms with E-state index in [4.69, 9.17) is 4.52 Å². The van der Waals surface area contributed by atoms with Gasteiger partial charge in [-0.1, -0.05) is 47.6 Å². The number of aryl methyl sites for hydroxylation is 1. The normalized spacial score (nSPS) is 16.3. The van der Waals surface area contributed by atoms with E-state index in [1.54, 1.807) is 23.8 Å². The lowest BCUT2D eigenvalue weighted by atomic mass is 10.1. The lowest BCUT2D eigenvalue weighted by Gasteiger charge is -2.21. The molecule has 7 heteroatoms. The highest BCUT2D eigenvalue weighted by Gasteiger charge is 2.36. The van der Waals surface area contributed by atoms with Gasteiger partial charge in [0.2, 0.25) is 23.5 Å². The molecule has 3 aromatic rings. The number of hydrogen-bond donors (Lipinski definition) is 0. The monoisotopic (exact) mass is 390 g/mol. The molecule has 0 bridgehead atoms. The fourth-order valence-corrected chi connectivity index (χ4v) is 3.60. The summed E-state index contributed by atoms with van der Waals surface area (Å²) in [6.07, 6.45) is 0.212. The van der Waals surface area contributed by atoms with Crippen LogP contribution >= 0.6 is 0 Å². The SMILES string of the molecule is Cc1nc(-c2cccc(N3CC(C(=O)N(C)Cc4ccccc4)CC3=O)c2)no1. The molecule has 4 rings (SSSR count). The molecule has 2 amide bonds. The molecule has 1 fully saturated rings. The Hall–Kier alpha value is -3.48. The standard InChI is InChI=1S/C22H22N4O3/c1-15-23-21(24-29-15)17-9-6-10-19(11-17)26-14-18(12-20(26)27)22(28)25(2)13-16-7-4-3-5-8-16/h3-11,18H,12-14H2,1-2H3. The van der Waals surface area contributed by atoms with Crippen LogP contribution in [0, 0.1) is 12.8 Å². The van der Waals surface area contributed by atoms with E-state index in [9.17, 15) is 9.59 Å². The van der Waals surface area contributed by atoms with Gasteiger partial charge in [0.1, 0.15) is 0 Å². The predicted molar refractivity (Wildman–Crippen MR) is 108 cm³/mol. The van der Waals surface area contributed by atoms with Crippen molar-refractivity contribution in [1.82, 2.24) is 15.0 Å². The number of anilines is 1. The number of aromatic nitrogens is 2. The minimum atomic E-state index is -0.354. The van der Waals surface area contributed by atoms with Gasteiger partial charge >= 0.3 is 0 Å². The fraction of sp³-hybridized carbons (Fsp3) is 0.273. The van der Waals surface area contributed by atoms with Crippen molar-refractivity contribution in [1.29, 1.82) is 0 Å². The molecule has 1 aliphatic heterocycles. The van der Waals surface area contributed by atoms with Crippen molar-refractivity contribution in [2.24, 2.45) is 5.92 Å². The maximum Gasteiger partial charge on any atom is 0.228 e. The molecule has 29 heavy (non-hydrogen) atoms. The topological polar surface area (TPSA) is 79.5 Å². The van der Waals surface area contributed by atoms with Crippen LogP contribution in [0.5, 0.6) is 0 Å². The van der Waals surface area contributed by atoms with Crippen LogP contribution in [0.1, 0.15) is 17.9 Å². The summed E-state index contributed by atoms with van der Waals surface area (Å²) < 4.78 is 5.04. The lowest BCUT2D eigenvalue weighted by Crippen LogP contribution is -2.34. The Morgan fingerprint density at radius 3 is 2.72 bits per heavy atom. The van der Waals surface area contributed by atoms with Gasteiger partial charge in [0, 0.05) is 44.7 Å². The third-order valence-corrected chi connectivity index (χ3v) is 5.06. The molecule has 1 aliphatic rings. The van der Waals surface area contributed by atoms with Crippen LogP contribution in [0.25, 0.3) is 11.4 Å². The Labute approximate surface area is 168 Å². The second-order valence-corrected chi connectivity index (χ2v) is 7.27. The second-order valence-electron chi connectivity index (χ2n) is 7.27. The van der Waals surface area contributed by atoms with Gasteiger partial charge in [0.15, 0.2) is 0 Å². The van der Waals surface area contributed by atoms with Crippen LogP contribution in [-0.2, 0) is 16.1 Å². The van der Waals surface area contributed by atoms with Crippen molar-refractivity contribution >= 4 is 17.5 Å². The molecular weight excluding hydrogens is 368 g/mol. The highest BCUT2D eigenvalue weighted by Crippen LogP contribution is 2.29. The zero-order valence-electron chi connectivity index (χ0n) is 16.4. The second kappa shape index (κ2) is 7.87. The summed E-state index contributed by atoms with van der Waals surface area (Å²) in [6, 6.07) is 17.2. The minimum Gasteiger partial charge on any atom is -0.341 e. The highest BCUT2D eigenvalue weighted by molar-refractivity contribution is 6.00. The smallest absolute Gasteiger partial charge is 0.228 e. The molecule has 0 N–H and O–H groups in total. The number of carbonyl (C=O) groups excluding carboxylic acids is 2. The van der Waals surface area contributed by atoms with Gasteiger partial charge in [-0.25, -0.2) is 0 Å². The maximum atomic E-state index is 12.9. The van der Waals surface area contributed by atoms with E-state index in [0.717, 1.165) is 16.8 Å². The quantitative estimate of drug-likeness (QED) is 0.669. The van der Waals surface area contributed by atoms with Gasteiger partial charge in [0.05, 0.1) is 5.92 Å². The zero-order valence-corrected chi connectivity index (χ0v) is 16.4. The molecule has 2 heterocycles. The molecule has 148 valence electrons. The van der Waals surface area contributed by atoms with E-state index in [1.165, 1.54) is 0 Å². The van der Waals surface area contributed by atoms with Gasteiger partial charge in [-0.05, 0) is 17.7 Å². The Bertz CT molecular complexity index is 1030. The van der Waals surface area contributed by atoms with Crippen LogP contribution < -0.4 is 4.90 Å². The first-order valence-corrected chi connectivity index (χ1v) is 9.51. The molecule has 1 aromatic heterocycles. The minimum absolute atomic E-state index is 0.0188. The first kappa shape index (κ1) is 18.9. The van der Waals surface area contributed by atoms with E-state index in [1.807, 2.05) is 54.6 Å². The summed E-state index contributed by atoms with van der Waals surface area (Å²) in [5, 5.41) is 3.93. The number of rotatable bonds is 5. The fourth-order valence-electron chi connectivity index (χ4n) is 3.60. The number of nitrogens with zero attached hydrogens (tertiary/aromatic N) is 4. The van der Waals surface area contributed by atoms with Crippen molar-refractivity contribution in [3.63, 3.8) is 0 Å². The summed E-state index contributed by atoms with van der Waals surface area (Å²) >= 11 is 0. The summed E-state index contributed by atoms with van der Waals surface area (Å²) in [4.78, 5) is 33.1. The molecule has 0 aliphatic carbocycles. The zero-order chi connectivity index (χ0) is 20.4. The predicted octanol–water partition coefficient (Wildman–Crippen LogP) is 3.06. The highest BCUT2D eigenvalue weighted by atomic mass is 16.5. The average molecular weight is 390 g/mol. The Kier molecular flexibility index (Phi) is 5.12. The molecule has 7 nitrogen and oxygen atoms in total. The summed E-state index contributed by atoms with van der Waals surface area (Å²) in [7, 11) is 1.78. The number of benzene rings is 2. The molecule has 0 saturated carbocycles. The van der Waals surface area contributed by atoms with Gasteiger partial charge in [-0.3, -0.25) is 9.59 Å². The van der Waals surface area contributed by atoms with E-state index < -0.39 is 0 Å². The van der Waals surface area contributed by atoms with Crippen molar-refractivity contribution in [3.8, 4) is 11.4 Å². The number of carbonyl (C=O) groups is 2. The Morgan fingerprint density at radius 1 is 1.21 bits per heavy atom. The van der Waals surface area contributed by atoms with E-state index in [2.05, 4.69) is 10.1 Å². The summed E-state index contributed by atoms with van der Waals surface area (Å²) in [5.74, 6) is 0.529. The van der Waals surface area contributed by atoms with E-state index in [-0.39, 0.29) is 24.2 Å².